The molecule has 1 N–H and O–H groups in total. The van der Waals surface area contributed by atoms with Crippen LogP contribution in [0.1, 0.15) is 19.8 Å². The molecule has 98 valence electrons. The van der Waals surface area contributed by atoms with Gasteiger partial charge in [-0.05, 0) is 43.8 Å². The molecule has 0 aliphatic rings. The Hall–Kier alpha value is -0.910. The predicted octanol–water partition coefficient (Wildman–Crippen LogP) is 1.96. The summed E-state index contributed by atoms with van der Waals surface area (Å²) in [5.41, 5.74) is 8.11. The number of azide groups is 1. The van der Waals surface area contributed by atoms with E-state index in [1.54, 1.807) is 18.7 Å². The summed E-state index contributed by atoms with van der Waals surface area (Å²) in [6.45, 7) is 3.29. The van der Waals surface area contributed by atoms with Crippen molar-refractivity contribution in [1.82, 2.24) is 5.32 Å². The highest BCUT2D eigenvalue weighted by atomic mass is 32.2. The minimum atomic E-state index is -0.256. The second kappa shape index (κ2) is 11.6. The van der Waals surface area contributed by atoms with Gasteiger partial charge in [-0.2, -0.15) is 11.8 Å². The largest absolute Gasteiger partial charge is 0.465 e. The lowest BCUT2D eigenvalue weighted by atomic mass is 10.2. The minimum Gasteiger partial charge on any atom is -0.465 e. The number of hydrogen-bond acceptors (Lipinski definition) is 5. The van der Waals surface area contributed by atoms with E-state index in [0.29, 0.717) is 19.7 Å². The van der Waals surface area contributed by atoms with Crippen LogP contribution in [0.25, 0.3) is 10.4 Å². The Bertz CT molecular complexity index is 257. The molecular formula is C10H20N4O2S. The fraction of sp³-hybridized carbons (Fsp3) is 0.900. The molecule has 0 aromatic carbocycles. The van der Waals surface area contributed by atoms with Gasteiger partial charge in [-0.15, -0.1) is 0 Å². The highest BCUT2D eigenvalue weighted by molar-refractivity contribution is 7.98. The molecule has 0 rings (SSSR count). The topological polar surface area (TPSA) is 87.1 Å². The molecule has 1 unspecified atom stereocenters. The van der Waals surface area contributed by atoms with Crippen molar-refractivity contribution >= 4 is 17.7 Å². The number of carbonyl (C=O) groups is 1. The molecule has 0 aliphatic carbocycles. The van der Waals surface area contributed by atoms with Crippen molar-refractivity contribution in [1.29, 1.82) is 0 Å². The zero-order valence-electron chi connectivity index (χ0n) is 10.4. The van der Waals surface area contributed by atoms with Gasteiger partial charge in [0.1, 0.15) is 6.04 Å². The first-order valence-corrected chi connectivity index (χ1v) is 7.05. The average molecular weight is 260 g/mol. The SMILES string of the molecule is CCOC(=O)C(CCSC)NCCCN=[N+]=[N-]. The van der Waals surface area contributed by atoms with E-state index in [1.807, 2.05) is 6.26 Å². The summed E-state index contributed by atoms with van der Waals surface area (Å²) in [6, 6.07) is -0.256. The van der Waals surface area contributed by atoms with Gasteiger partial charge < -0.3 is 10.1 Å². The Morgan fingerprint density at radius 3 is 3.00 bits per heavy atom. The maximum atomic E-state index is 11.6. The van der Waals surface area contributed by atoms with Crippen molar-refractivity contribution in [3.05, 3.63) is 10.4 Å². The first-order valence-electron chi connectivity index (χ1n) is 5.66. The zero-order valence-corrected chi connectivity index (χ0v) is 11.2. The number of thioether (sulfide) groups is 1. The number of hydrogen-bond donors (Lipinski definition) is 1. The summed E-state index contributed by atoms with van der Waals surface area (Å²) in [4.78, 5) is 14.3. The third-order valence-corrected chi connectivity index (χ3v) is 2.71. The molecule has 0 aromatic rings. The number of nitrogens with one attached hydrogen (secondary N) is 1. The number of esters is 1. The van der Waals surface area contributed by atoms with Crippen molar-refractivity contribution in [2.45, 2.75) is 25.8 Å². The van der Waals surface area contributed by atoms with Crippen LogP contribution in [0.2, 0.25) is 0 Å². The van der Waals surface area contributed by atoms with E-state index < -0.39 is 0 Å². The Labute approximate surface area is 106 Å². The van der Waals surface area contributed by atoms with Gasteiger partial charge in [0.15, 0.2) is 0 Å². The van der Waals surface area contributed by atoms with Crippen LogP contribution < -0.4 is 5.32 Å². The van der Waals surface area contributed by atoms with Crippen LogP contribution in [0.3, 0.4) is 0 Å². The van der Waals surface area contributed by atoms with Gasteiger partial charge in [0.25, 0.3) is 0 Å². The molecule has 0 bridgehead atoms. The predicted molar refractivity (Wildman–Crippen MR) is 70.1 cm³/mol. The second-order valence-corrected chi connectivity index (χ2v) is 4.33. The molecule has 0 spiro atoms. The van der Waals surface area contributed by atoms with E-state index in [9.17, 15) is 4.79 Å². The van der Waals surface area contributed by atoms with Crippen LogP contribution in [-0.4, -0.2) is 43.7 Å². The summed E-state index contributed by atoms with van der Waals surface area (Å²) in [6.07, 6.45) is 3.48. The molecule has 17 heavy (non-hydrogen) atoms. The fourth-order valence-electron chi connectivity index (χ4n) is 1.25. The van der Waals surface area contributed by atoms with E-state index >= 15 is 0 Å². The van der Waals surface area contributed by atoms with E-state index in [2.05, 4.69) is 15.3 Å². The molecule has 0 fully saturated rings. The van der Waals surface area contributed by atoms with E-state index in [0.717, 1.165) is 18.6 Å². The Balaban J connectivity index is 3.91. The van der Waals surface area contributed by atoms with Gasteiger partial charge >= 0.3 is 5.97 Å². The highest BCUT2D eigenvalue weighted by Crippen LogP contribution is 2.03. The third-order valence-electron chi connectivity index (χ3n) is 2.07. The molecule has 0 heterocycles. The molecule has 0 saturated carbocycles. The molecule has 0 aliphatic heterocycles. The molecule has 6 nitrogen and oxygen atoms in total. The molecule has 0 amide bonds. The van der Waals surface area contributed by atoms with Crippen LogP contribution in [0.4, 0.5) is 0 Å². The quantitative estimate of drug-likeness (QED) is 0.214. The Morgan fingerprint density at radius 2 is 2.41 bits per heavy atom. The van der Waals surface area contributed by atoms with Gasteiger partial charge in [0.2, 0.25) is 0 Å². The van der Waals surface area contributed by atoms with Crippen LogP contribution in [0.15, 0.2) is 5.11 Å². The van der Waals surface area contributed by atoms with E-state index in [-0.39, 0.29) is 12.0 Å². The van der Waals surface area contributed by atoms with Crippen LogP contribution in [0, 0.1) is 0 Å². The maximum absolute atomic E-state index is 11.6. The highest BCUT2D eigenvalue weighted by Gasteiger charge is 2.17. The Morgan fingerprint density at radius 1 is 1.65 bits per heavy atom. The second-order valence-electron chi connectivity index (χ2n) is 3.35. The van der Waals surface area contributed by atoms with Gasteiger partial charge in [-0.1, -0.05) is 5.11 Å². The van der Waals surface area contributed by atoms with Gasteiger partial charge in [-0.25, -0.2) is 0 Å². The monoisotopic (exact) mass is 260 g/mol. The number of nitrogens with zero attached hydrogens (tertiary/aromatic N) is 3. The smallest absolute Gasteiger partial charge is 0.323 e. The van der Waals surface area contributed by atoms with Gasteiger partial charge in [-0.3, -0.25) is 4.79 Å². The van der Waals surface area contributed by atoms with Crippen LogP contribution in [-0.2, 0) is 9.53 Å². The van der Waals surface area contributed by atoms with Gasteiger partial charge in [0, 0.05) is 11.5 Å². The standard InChI is InChI=1S/C10H20N4O2S/c1-3-16-10(15)9(5-8-17-2)12-6-4-7-13-14-11/h9,12H,3-8H2,1-2H3. The number of ether oxygens (including phenoxy) is 1. The number of rotatable bonds is 10. The van der Waals surface area contributed by atoms with Gasteiger partial charge in [0.05, 0.1) is 6.61 Å². The normalized spacial score (nSPS) is 11.6. The summed E-state index contributed by atoms with van der Waals surface area (Å²) >= 11 is 1.70. The van der Waals surface area contributed by atoms with Crippen molar-refractivity contribution in [2.24, 2.45) is 5.11 Å². The average Bonchev–Trinajstić information content (AvgIpc) is 2.33. The molecule has 0 saturated heterocycles. The Kier molecular flexibility index (Phi) is 11.0. The maximum Gasteiger partial charge on any atom is 0.323 e. The van der Waals surface area contributed by atoms with Crippen LogP contribution >= 0.6 is 11.8 Å². The van der Waals surface area contributed by atoms with Crippen molar-refractivity contribution in [3.8, 4) is 0 Å². The lowest BCUT2D eigenvalue weighted by Gasteiger charge is -2.16. The van der Waals surface area contributed by atoms with E-state index in [1.165, 1.54) is 0 Å². The summed E-state index contributed by atoms with van der Waals surface area (Å²) < 4.78 is 4.99. The molecule has 7 heteroatoms. The lowest BCUT2D eigenvalue weighted by molar-refractivity contribution is -0.145. The summed E-state index contributed by atoms with van der Waals surface area (Å²) in [7, 11) is 0. The first-order chi connectivity index (χ1) is 8.26. The zero-order chi connectivity index (χ0) is 12.9. The number of carbonyl (C=O) groups excluding carboxylic acids is 1. The minimum absolute atomic E-state index is 0.203. The van der Waals surface area contributed by atoms with Crippen molar-refractivity contribution in [3.63, 3.8) is 0 Å². The molecule has 1 atom stereocenters. The summed E-state index contributed by atoms with van der Waals surface area (Å²) in [5.74, 6) is 0.706. The first kappa shape index (κ1) is 16.1. The van der Waals surface area contributed by atoms with Crippen molar-refractivity contribution < 1.29 is 9.53 Å². The lowest BCUT2D eigenvalue weighted by Crippen LogP contribution is -2.39. The van der Waals surface area contributed by atoms with E-state index in [4.69, 9.17) is 10.3 Å². The fourth-order valence-corrected chi connectivity index (χ4v) is 1.72. The molecule has 0 aromatic heterocycles. The third kappa shape index (κ3) is 8.85. The van der Waals surface area contributed by atoms with Crippen molar-refractivity contribution in [2.75, 3.05) is 31.7 Å². The van der Waals surface area contributed by atoms with Crippen LogP contribution in [0.5, 0.6) is 0 Å². The summed E-state index contributed by atoms with van der Waals surface area (Å²) in [5, 5.41) is 6.56. The molecular weight excluding hydrogens is 240 g/mol. The molecule has 0 radical (unpaired) electrons.